The Kier molecular flexibility index (Phi) is 5.58. The van der Waals surface area contributed by atoms with Crippen LogP contribution >= 0.6 is 0 Å². The summed E-state index contributed by atoms with van der Waals surface area (Å²) in [6, 6.07) is 0.282. The van der Waals surface area contributed by atoms with Crippen molar-refractivity contribution in [3.8, 4) is 0 Å². The van der Waals surface area contributed by atoms with Crippen LogP contribution in [0.2, 0.25) is 0 Å². The normalized spacial score (nSPS) is 23.0. The summed E-state index contributed by atoms with van der Waals surface area (Å²) in [4.78, 5) is 2.40. The number of hydrogen-bond acceptors (Lipinski definition) is 3. The Morgan fingerprint density at radius 1 is 1.33 bits per heavy atom. The van der Waals surface area contributed by atoms with Crippen LogP contribution in [0.4, 0.5) is 0 Å². The van der Waals surface area contributed by atoms with Crippen LogP contribution in [0.1, 0.15) is 33.6 Å². The predicted molar refractivity (Wildman–Crippen MR) is 64.0 cm³/mol. The molecule has 2 unspecified atom stereocenters. The third kappa shape index (κ3) is 4.09. The minimum Gasteiger partial charge on any atom is -0.392 e. The van der Waals surface area contributed by atoms with E-state index in [9.17, 15) is 5.11 Å². The molecule has 0 aliphatic carbocycles. The number of hydrogen-bond donors (Lipinski definition) is 2. The van der Waals surface area contributed by atoms with Gasteiger partial charge in [0, 0.05) is 12.6 Å². The lowest BCUT2D eigenvalue weighted by Gasteiger charge is -2.34. The molecule has 1 rings (SSSR count). The molecule has 0 saturated carbocycles. The average Bonchev–Trinajstić information content (AvgIpc) is 2.26. The Labute approximate surface area is 93.9 Å². The van der Waals surface area contributed by atoms with Crippen molar-refractivity contribution in [1.29, 1.82) is 0 Å². The summed E-state index contributed by atoms with van der Waals surface area (Å²) < 4.78 is 0. The number of likely N-dealkylation sites (N-methyl/N-ethyl adjacent to an activating group) is 1. The monoisotopic (exact) mass is 214 g/mol. The number of nitrogens with zero attached hydrogens (tertiary/aromatic N) is 1. The summed E-state index contributed by atoms with van der Waals surface area (Å²) in [5.41, 5.74) is 0. The SMILES string of the molecule is CCN(CC1CCNCC1)C(C)C(C)O. The first-order valence-electron chi connectivity index (χ1n) is 6.28. The minimum absolute atomic E-state index is 0.230. The van der Waals surface area contributed by atoms with Crippen LogP contribution in [-0.4, -0.2) is 48.3 Å². The van der Waals surface area contributed by atoms with Gasteiger partial charge in [-0.3, -0.25) is 4.90 Å². The predicted octanol–water partition coefficient (Wildman–Crippen LogP) is 1.08. The molecule has 0 bridgehead atoms. The highest BCUT2D eigenvalue weighted by Gasteiger charge is 2.21. The first-order valence-corrected chi connectivity index (χ1v) is 6.28. The first-order chi connectivity index (χ1) is 7.15. The van der Waals surface area contributed by atoms with Crippen LogP contribution in [0.15, 0.2) is 0 Å². The number of aliphatic hydroxyl groups excluding tert-OH is 1. The summed E-state index contributed by atoms with van der Waals surface area (Å²) in [6.45, 7) is 10.7. The van der Waals surface area contributed by atoms with E-state index in [2.05, 4.69) is 24.1 Å². The van der Waals surface area contributed by atoms with Gasteiger partial charge in [-0.25, -0.2) is 0 Å². The maximum Gasteiger partial charge on any atom is 0.0664 e. The van der Waals surface area contributed by atoms with E-state index in [4.69, 9.17) is 0 Å². The Bertz CT molecular complexity index is 167. The molecule has 0 spiro atoms. The zero-order valence-corrected chi connectivity index (χ0v) is 10.4. The summed E-state index contributed by atoms with van der Waals surface area (Å²) >= 11 is 0. The fourth-order valence-electron chi connectivity index (χ4n) is 2.28. The highest BCUT2D eigenvalue weighted by Crippen LogP contribution is 2.15. The molecule has 3 heteroatoms. The largest absolute Gasteiger partial charge is 0.392 e. The lowest BCUT2D eigenvalue weighted by Crippen LogP contribution is -2.44. The topological polar surface area (TPSA) is 35.5 Å². The van der Waals surface area contributed by atoms with Crippen LogP contribution in [0.25, 0.3) is 0 Å². The Balaban J connectivity index is 2.37. The van der Waals surface area contributed by atoms with Gasteiger partial charge in [0.25, 0.3) is 0 Å². The molecule has 0 aromatic heterocycles. The first kappa shape index (κ1) is 12.9. The zero-order valence-electron chi connectivity index (χ0n) is 10.4. The summed E-state index contributed by atoms with van der Waals surface area (Å²) in [5.74, 6) is 0.812. The molecule has 0 radical (unpaired) electrons. The molecule has 90 valence electrons. The van der Waals surface area contributed by atoms with Crippen LogP contribution in [0, 0.1) is 5.92 Å². The van der Waals surface area contributed by atoms with E-state index in [0.29, 0.717) is 0 Å². The highest BCUT2D eigenvalue weighted by atomic mass is 16.3. The number of rotatable bonds is 5. The lowest BCUT2D eigenvalue weighted by molar-refractivity contribution is 0.0604. The summed E-state index contributed by atoms with van der Waals surface area (Å²) in [7, 11) is 0. The maximum absolute atomic E-state index is 9.60. The van der Waals surface area contributed by atoms with Crippen LogP contribution < -0.4 is 5.32 Å². The molecule has 2 N–H and O–H groups in total. The van der Waals surface area contributed by atoms with Crippen LogP contribution in [0.3, 0.4) is 0 Å². The number of aliphatic hydroxyl groups is 1. The molecule has 0 amide bonds. The van der Waals surface area contributed by atoms with Gasteiger partial charge in [-0.1, -0.05) is 6.92 Å². The van der Waals surface area contributed by atoms with Crippen molar-refractivity contribution in [3.63, 3.8) is 0 Å². The third-order valence-electron chi connectivity index (χ3n) is 3.63. The van der Waals surface area contributed by atoms with Crippen molar-refractivity contribution >= 4 is 0 Å². The summed E-state index contributed by atoms with van der Waals surface area (Å²) in [5, 5.41) is 13.0. The van der Waals surface area contributed by atoms with Crippen molar-refractivity contribution < 1.29 is 5.11 Å². The van der Waals surface area contributed by atoms with Gasteiger partial charge in [0.05, 0.1) is 6.10 Å². The Morgan fingerprint density at radius 2 is 1.93 bits per heavy atom. The van der Waals surface area contributed by atoms with Gasteiger partial charge in [-0.15, -0.1) is 0 Å². The quantitative estimate of drug-likeness (QED) is 0.719. The molecule has 0 aromatic carbocycles. The lowest BCUT2D eigenvalue weighted by atomic mass is 9.96. The third-order valence-corrected chi connectivity index (χ3v) is 3.63. The van der Waals surface area contributed by atoms with Gasteiger partial charge in [0.1, 0.15) is 0 Å². The smallest absolute Gasteiger partial charge is 0.0664 e. The number of nitrogens with one attached hydrogen (secondary N) is 1. The van der Waals surface area contributed by atoms with Crippen molar-refractivity contribution in [3.05, 3.63) is 0 Å². The molecule has 0 aromatic rings. The van der Waals surface area contributed by atoms with Crippen molar-refractivity contribution in [1.82, 2.24) is 10.2 Å². The Hall–Kier alpha value is -0.120. The second-order valence-electron chi connectivity index (χ2n) is 4.76. The molecular formula is C12H26N2O. The van der Waals surface area contributed by atoms with E-state index in [1.165, 1.54) is 12.8 Å². The van der Waals surface area contributed by atoms with Crippen molar-refractivity contribution in [2.45, 2.75) is 45.8 Å². The standard InChI is InChI=1S/C12H26N2O/c1-4-14(10(2)11(3)15)9-12-5-7-13-8-6-12/h10-13,15H,4-9H2,1-3H3. The second-order valence-corrected chi connectivity index (χ2v) is 4.76. The van der Waals surface area contributed by atoms with Crippen molar-refractivity contribution in [2.75, 3.05) is 26.2 Å². The van der Waals surface area contributed by atoms with E-state index < -0.39 is 0 Å². The molecule has 1 aliphatic heterocycles. The molecule has 1 saturated heterocycles. The minimum atomic E-state index is -0.230. The van der Waals surface area contributed by atoms with Crippen LogP contribution in [-0.2, 0) is 0 Å². The molecule has 2 atom stereocenters. The maximum atomic E-state index is 9.60. The molecular weight excluding hydrogens is 188 g/mol. The number of piperidine rings is 1. The van der Waals surface area contributed by atoms with Gasteiger partial charge in [0.2, 0.25) is 0 Å². The van der Waals surface area contributed by atoms with Gasteiger partial charge < -0.3 is 10.4 Å². The van der Waals surface area contributed by atoms with Gasteiger partial charge in [-0.2, -0.15) is 0 Å². The summed E-state index contributed by atoms with van der Waals surface area (Å²) in [6.07, 6.45) is 2.33. The van der Waals surface area contributed by atoms with Gasteiger partial charge in [-0.05, 0) is 52.2 Å². The van der Waals surface area contributed by atoms with E-state index in [-0.39, 0.29) is 12.1 Å². The molecule has 15 heavy (non-hydrogen) atoms. The fraction of sp³-hybridized carbons (Fsp3) is 1.00. The second kappa shape index (κ2) is 6.46. The Morgan fingerprint density at radius 3 is 2.40 bits per heavy atom. The van der Waals surface area contributed by atoms with Crippen molar-refractivity contribution in [2.24, 2.45) is 5.92 Å². The van der Waals surface area contributed by atoms with E-state index >= 15 is 0 Å². The van der Waals surface area contributed by atoms with Gasteiger partial charge >= 0.3 is 0 Å². The zero-order chi connectivity index (χ0) is 11.3. The molecule has 3 nitrogen and oxygen atoms in total. The van der Waals surface area contributed by atoms with E-state index in [1.54, 1.807) is 0 Å². The molecule has 1 aliphatic rings. The van der Waals surface area contributed by atoms with E-state index in [1.807, 2.05) is 6.92 Å². The van der Waals surface area contributed by atoms with E-state index in [0.717, 1.165) is 32.1 Å². The average molecular weight is 214 g/mol. The molecule has 1 fully saturated rings. The fourth-order valence-corrected chi connectivity index (χ4v) is 2.28. The van der Waals surface area contributed by atoms with Crippen LogP contribution in [0.5, 0.6) is 0 Å². The highest BCUT2D eigenvalue weighted by molar-refractivity contribution is 4.77. The van der Waals surface area contributed by atoms with Gasteiger partial charge in [0.15, 0.2) is 0 Å². The molecule has 1 heterocycles.